The van der Waals surface area contributed by atoms with E-state index in [0.717, 1.165) is 36.2 Å². The predicted octanol–water partition coefficient (Wildman–Crippen LogP) is 3.94. The second kappa shape index (κ2) is 5.94. The van der Waals surface area contributed by atoms with Crippen molar-refractivity contribution < 1.29 is 9.15 Å². The van der Waals surface area contributed by atoms with E-state index in [9.17, 15) is 0 Å². The summed E-state index contributed by atoms with van der Waals surface area (Å²) in [5.41, 5.74) is 3.54. The van der Waals surface area contributed by atoms with Gasteiger partial charge in [-0.05, 0) is 18.2 Å². The second-order valence-corrected chi connectivity index (χ2v) is 6.08. The number of nitrogens with zero attached hydrogens (tertiary/aromatic N) is 2. The fourth-order valence-corrected chi connectivity index (χ4v) is 3.45. The SMILES string of the molecule is c1coc(-c2nc(CN3CCOCc4ccccc43)cs2)c1. The molecule has 22 heavy (non-hydrogen) atoms. The minimum absolute atomic E-state index is 0.682. The highest BCUT2D eigenvalue weighted by Gasteiger charge is 2.17. The van der Waals surface area contributed by atoms with Crippen LogP contribution in [-0.4, -0.2) is 18.1 Å². The van der Waals surface area contributed by atoms with Crippen LogP contribution in [0.4, 0.5) is 5.69 Å². The number of ether oxygens (including phenoxy) is 1. The van der Waals surface area contributed by atoms with Crippen LogP contribution in [0.25, 0.3) is 10.8 Å². The van der Waals surface area contributed by atoms with Crippen molar-refractivity contribution in [1.29, 1.82) is 0 Å². The molecular weight excluding hydrogens is 296 g/mol. The van der Waals surface area contributed by atoms with Gasteiger partial charge in [0.15, 0.2) is 10.8 Å². The van der Waals surface area contributed by atoms with E-state index in [2.05, 4.69) is 34.5 Å². The van der Waals surface area contributed by atoms with Gasteiger partial charge < -0.3 is 14.1 Å². The Morgan fingerprint density at radius 2 is 2.14 bits per heavy atom. The van der Waals surface area contributed by atoms with Gasteiger partial charge in [0.05, 0.1) is 31.7 Å². The summed E-state index contributed by atoms with van der Waals surface area (Å²) in [7, 11) is 0. The van der Waals surface area contributed by atoms with Gasteiger partial charge in [0, 0.05) is 23.2 Å². The Kier molecular flexibility index (Phi) is 3.66. The van der Waals surface area contributed by atoms with Crippen molar-refractivity contribution in [2.24, 2.45) is 0 Å². The molecule has 0 unspecified atom stereocenters. The third kappa shape index (κ3) is 2.65. The molecule has 0 bridgehead atoms. The number of rotatable bonds is 3. The first-order chi connectivity index (χ1) is 10.9. The molecule has 0 saturated carbocycles. The Hall–Kier alpha value is -2.11. The number of furan rings is 1. The number of aromatic nitrogens is 1. The van der Waals surface area contributed by atoms with Crippen LogP contribution in [0.3, 0.4) is 0 Å². The summed E-state index contributed by atoms with van der Waals surface area (Å²) in [6.45, 7) is 3.09. The largest absolute Gasteiger partial charge is 0.462 e. The Morgan fingerprint density at radius 3 is 3.05 bits per heavy atom. The Labute approximate surface area is 133 Å². The smallest absolute Gasteiger partial charge is 0.162 e. The molecule has 1 aliphatic rings. The summed E-state index contributed by atoms with van der Waals surface area (Å²) in [6.07, 6.45) is 1.68. The van der Waals surface area contributed by atoms with E-state index >= 15 is 0 Å². The van der Waals surface area contributed by atoms with Gasteiger partial charge in [-0.3, -0.25) is 0 Å². The number of para-hydroxylation sites is 1. The highest BCUT2D eigenvalue weighted by molar-refractivity contribution is 7.13. The standard InChI is InChI=1S/C17H16N2O2S/c1-2-5-15-13(4-1)11-20-9-7-19(15)10-14-12-22-17(18-14)16-6-3-8-21-16/h1-6,8,12H,7,9-11H2. The fourth-order valence-electron chi connectivity index (χ4n) is 2.67. The molecule has 2 aromatic heterocycles. The van der Waals surface area contributed by atoms with Crippen molar-refractivity contribution in [3.63, 3.8) is 0 Å². The van der Waals surface area contributed by atoms with Crippen LogP contribution in [0.5, 0.6) is 0 Å². The van der Waals surface area contributed by atoms with Crippen molar-refractivity contribution in [2.45, 2.75) is 13.2 Å². The number of anilines is 1. The van der Waals surface area contributed by atoms with Crippen LogP contribution in [0, 0.1) is 0 Å². The zero-order valence-corrected chi connectivity index (χ0v) is 12.9. The third-order valence-electron chi connectivity index (χ3n) is 3.73. The van der Waals surface area contributed by atoms with Gasteiger partial charge in [-0.1, -0.05) is 18.2 Å². The van der Waals surface area contributed by atoms with Gasteiger partial charge in [0.2, 0.25) is 0 Å². The van der Waals surface area contributed by atoms with Crippen molar-refractivity contribution in [3.8, 4) is 10.8 Å². The molecule has 0 saturated heterocycles. The molecule has 0 radical (unpaired) electrons. The van der Waals surface area contributed by atoms with E-state index in [0.29, 0.717) is 6.61 Å². The van der Waals surface area contributed by atoms with Crippen LogP contribution in [0.1, 0.15) is 11.3 Å². The highest BCUT2D eigenvalue weighted by Crippen LogP contribution is 2.28. The first kappa shape index (κ1) is 13.5. The molecule has 3 aromatic rings. The molecule has 1 aliphatic heterocycles. The minimum Gasteiger partial charge on any atom is -0.462 e. The summed E-state index contributed by atoms with van der Waals surface area (Å²) in [5.74, 6) is 0.829. The lowest BCUT2D eigenvalue weighted by Gasteiger charge is -2.23. The molecule has 0 fully saturated rings. The summed E-state index contributed by atoms with van der Waals surface area (Å²) in [6, 6.07) is 12.2. The molecule has 5 heteroatoms. The Bertz CT molecular complexity index is 752. The lowest BCUT2D eigenvalue weighted by molar-refractivity contribution is 0.132. The Balaban J connectivity index is 1.58. The number of hydrogen-bond donors (Lipinski definition) is 0. The van der Waals surface area contributed by atoms with Crippen molar-refractivity contribution in [3.05, 3.63) is 59.3 Å². The lowest BCUT2D eigenvalue weighted by atomic mass is 10.1. The average molecular weight is 312 g/mol. The number of hydrogen-bond acceptors (Lipinski definition) is 5. The van der Waals surface area contributed by atoms with Gasteiger partial charge in [0.25, 0.3) is 0 Å². The monoisotopic (exact) mass is 312 g/mol. The number of thiazole rings is 1. The molecule has 0 N–H and O–H groups in total. The molecule has 0 spiro atoms. The molecule has 0 amide bonds. The second-order valence-electron chi connectivity index (χ2n) is 5.22. The Morgan fingerprint density at radius 1 is 1.18 bits per heavy atom. The molecule has 4 rings (SSSR count). The molecule has 0 aliphatic carbocycles. The normalized spacial score (nSPS) is 14.6. The molecule has 4 nitrogen and oxygen atoms in total. The molecule has 0 atom stereocenters. The van der Waals surface area contributed by atoms with Crippen LogP contribution >= 0.6 is 11.3 Å². The summed E-state index contributed by atoms with van der Waals surface area (Å²) in [4.78, 5) is 7.03. The van der Waals surface area contributed by atoms with E-state index < -0.39 is 0 Å². The van der Waals surface area contributed by atoms with E-state index in [4.69, 9.17) is 14.1 Å². The zero-order valence-electron chi connectivity index (χ0n) is 12.1. The lowest BCUT2D eigenvalue weighted by Crippen LogP contribution is -2.25. The maximum Gasteiger partial charge on any atom is 0.162 e. The summed E-state index contributed by atoms with van der Waals surface area (Å²) < 4.78 is 11.1. The van der Waals surface area contributed by atoms with Crippen molar-refractivity contribution >= 4 is 17.0 Å². The van der Waals surface area contributed by atoms with Crippen molar-refractivity contribution in [2.75, 3.05) is 18.1 Å². The van der Waals surface area contributed by atoms with Gasteiger partial charge >= 0.3 is 0 Å². The predicted molar refractivity (Wildman–Crippen MR) is 87.0 cm³/mol. The third-order valence-corrected chi connectivity index (χ3v) is 4.64. The van der Waals surface area contributed by atoms with Gasteiger partial charge in [-0.25, -0.2) is 4.98 Å². The number of benzene rings is 1. The zero-order chi connectivity index (χ0) is 14.8. The van der Waals surface area contributed by atoms with E-state index in [1.807, 2.05) is 12.1 Å². The molecule has 1 aromatic carbocycles. The fraction of sp³-hybridized carbons (Fsp3) is 0.235. The summed E-state index contributed by atoms with van der Waals surface area (Å²) >= 11 is 1.62. The van der Waals surface area contributed by atoms with Gasteiger partial charge in [0.1, 0.15) is 0 Å². The molecule has 112 valence electrons. The van der Waals surface area contributed by atoms with Gasteiger partial charge in [-0.15, -0.1) is 11.3 Å². The van der Waals surface area contributed by atoms with Crippen molar-refractivity contribution in [1.82, 2.24) is 4.98 Å². The maximum absolute atomic E-state index is 5.68. The number of fused-ring (bicyclic) bond motifs is 1. The maximum atomic E-state index is 5.68. The van der Waals surface area contributed by atoms with Gasteiger partial charge in [-0.2, -0.15) is 0 Å². The summed E-state index contributed by atoms with van der Waals surface area (Å²) in [5, 5.41) is 3.03. The quantitative estimate of drug-likeness (QED) is 0.734. The van der Waals surface area contributed by atoms with Crippen LogP contribution in [0.2, 0.25) is 0 Å². The average Bonchev–Trinajstić information content (AvgIpc) is 3.18. The van der Waals surface area contributed by atoms with Crippen LogP contribution < -0.4 is 4.90 Å². The van der Waals surface area contributed by atoms with E-state index in [1.165, 1.54) is 11.3 Å². The molecule has 3 heterocycles. The minimum atomic E-state index is 0.682. The van der Waals surface area contributed by atoms with E-state index in [-0.39, 0.29) is 0 Å². The topological polar surface area (TPSA) is 38.5 Å². The molecular formula is C17H16N2O2S. The first-order valence-corrected chi connectivity index (χ1v) is 8.17. The van der Waals surface area contributed by atoms with Crippen LogP contribution in [0.15, 0.2) is 52.5 Å². The van der Waals surface area contributed by atoms with E-state index in [1.54, 1.807) is 17.6 Å². The first-order valence-electron chi connectivity index (χ1n) is 7.29. The highest BCUT2D eigenvalue weighted by atomic mass is 32.1. The van der Waals surface area contributed by atoms with Crippen LogP contribution in [-0.2, 0) is 17.9 Å².